The van der Waals surface area contributed by atoms with E-state index >= 15 is 0 Å². The van der Waals surface area contributed by atoms with Crippen molar-refractivity contribution in [2.75, 3.05) is 6.54 Å². The van der Waals surface area contributed by atoms with E-state index in [1.165, 1.54) is 12.8 Å². The van der Waals surface area contributed by atoms with E-state index < -0.39 is 12.0 Å². The Balaban J connectivity index is 2.33. The molecule has 0 aromatic heterocycles. The molecule has 0 spiro atoms. The maximum Gasteiger partial charge on any atom is 0.326 e. The van der Waals surface area contributed by atoms with Crippen molar-refractivity contribution in [1.82, 2.24) is 10.6 Å². The number of rotatable bonds is 6. The lowest BCUT2D eigenvalue weighted by Gasteiger charge is -2.19. The van der Waals surface area contributed by atoms with Crippen molar-refractivity contribution in [2.24, 2.45) is 17.8 Å². The summed E-state index contributed by atoms with van der Waals surface area (Å²) in [5, 5.41) is 14.4. The molecule has 3 atom stereocenters. The summed E-state index contributed by atoms with van der Waals surface area (Å²) in [5.41, 5.74) is 0. The second-order valence-electron chi connectivity index (χ2n) is 6.04. The van der Waals surface area contributed by atoms with Gasteiger partial charge in [-0.3, -0.25) is 0 Å². The number of carbonyl (C=O) groups is 2. The minimum absolute atomic E-state index is 0.233. The molecule has 2 amide bonds. The van der Waals surface area contributed by atoms with Crippen LogP contribution >= 0.6 is 0 Å². The van der Waals surface area contributed by atoms with Crippen LogP contribution in [0.1, 0.15) is 46.5 Å². The summed E-state index contributed by atoms with van der Waals surface area (Å²) < 4.78 is 0. The van der Waals surface area contributed by atoms with Crippen LogP contribution in [0.2, 0.25) is 0 Å². The lowest BCUT2D eigenvalue weighted by molar-refractivity contribution is -0.139. The number of nitrogens with one attached hydrogen (secondary N) is 2. The molecule has 1 aliphatic rings. The molecule has 1 fully saturated rings. The zero-order chi connectivity index (χ0) is 14.4. The largest absolute Gasteiger partial charge is 0.480 e. The summed E-state index contributed by atoms with van der Waals surface area (Å²) >= 11 is 0. The molecule has 5 nitrogen and oxygen atoms in total. The molecule has 3 N–H and O–H groups in total. The van der Waals surface area contributed by atoms with Crippen LogP contribution in [0.5, 0.6) is 0 Å². The maximum atomic E-state index is 11.7. The van der Waals surface area contributed by atoms with E-state index in [1.807, 2.05) is 13.8 Å². The molecule has 110 valence electrons. The van der Waals surface area contributed by atoms with Gasteiger partial charge in [-0.15, -0.1) is 0 Å². The van der Waals surface area contributed by atoms with Crippen molar-refractivity contribution in [1.29, 1.82) is 0 Å². The molecule has 2 unspecified atom stereocenters. The number of carboxylic acid groups (broad SMARTS) is 1. The van der Waals surface area contributed by atoms with Gasteiger partial charge in [0.2, 0.25) is 0 Å². The molecule has 0 heterocycles. The molecule has 0 bridgehead atoms. The third-order valence-electron chi connectivity index (χ3n) is 3.87. The Morgan fingerprint density at radius 3 is 2.47 bits per heavy atom. The van der Waals surface area contributed by atoms with E-state index in [-0.39, 0.29) is 11.9 Å². The van der Waals surface area contributed by atoms with Gasteiger partial charge in [-0.25, -0.2) is 9.59 Å². The van der Waals surface area contributed by atoms with Gasteiger partial charge >= 0.3 is 12.0 Å². The number of carboxylic acids is 1. The Hall–Kier alpha value is -1.26. The predicted molar refractivity (Wildman–Crippen MR) is 73.9 cm³/mol. The molecule has 0 aromatic carbocycles. The first kappa shape index (κ1) is 15.8. The fourth-order valence-electron chi connectivity index (χ4n) is 2.65. The average molecular weight is 270 g/mol. The Bertz CT molecular complexity index is 318. The second-order valence-corrected chi connectivity index (χ2v) is 6.04. The predicted octanol–water partition coefficient (Wildman–Crippen LogP) is 2.22. The van der Waals surface area contributed by atoms with E-state index in [2.05, 4.69) is 17.6 Å². The lowest BCUT2D eigenvalue weighted by Crippen LogP contribution is -2.47. The van der Waals surface area contributed by atoms with Crippen molar-refractivity contribution < 1.29 is 14.7 Å². The second kappa shape index (κ2) is 7.36. The van der Waals surface area contributed by atoms with Gasteiger partial charge < -0.3 is 15.7 Å². The molecule has 0 radical (unpaired) electrons. The standard InChI is InChI=1S/C14H26N2O3/c1-9(2)7-12(13(17)18)16-14(19)15-8-11-6-4-5-10(11)3/h9-12H,4-8H2,1-3H3,(H,17,18)(H2,15,16,19)/t10?,11?,12-/m1/s1. The monoisotopic (exact) mass is 270 g/mol. The van der Waals surface area contributed by atoms with Crippen molar-refractivity contribution in [3.63, 3.8) is 0 Å². The minimum atomic E-state index is -0.974. The van der Waals surface area contributed by atoms with E-state index in [9.17, 15) is 9.59 Å². The smallest absolute Gasteiger partial charge is 0.326 e. The van der Waals surface area contributed by atoms with Crippen molar-refractivity contribution >= 4 is 12.0 Å². The molecule has 1 rings (SSSR count). The van der Waals surface area contributed by atoms with Crippen LogP contribution < -0.4 is 10.6 Å². The molecule has 0 saturated heterocycles. The first-order valence-corrected chi connectivity index (χ1v) is 7.17. The maximum absolute atomic E-state index is 11.7. The van der Waals surface area contributed by atoms with E-state index in [4.69, 9.17) is 5.11 Å². The zero-order valence-corrected chi connectivity index (χ0v) is 12.1. The molecular formula is C14H26N2O3. The Morgan fingerprint density at radius 1 is 1.32 bits per heavy atom. The Morgan fingerprint density at radius 2 is 2.00 bits per heavy atom. The van der Waals surface area contributed by atoms with Gasteiger partial charge in [0.1, 0.15) is 6.04 Å². The van der Waals surface area contributed by atoms with Crippen molar-refractivity contribution in [3.05, 3.63) is 0 Å². The fraction of sp³-hybridized carbons (Fsp3) is 0.857. The Kier molecular flexibility index (Phi) is 6.12. The first-order chi connectivity index (χ1) is 8.90. The molecule has 5 heteroatoms. The zero-order valence-electron chi connectivity index (χ0n) is 12.1. The summed E-state index contributed by atoms with van der Waals surface area (Å²) in [6, 6.07) is -1.17. The summed E-state index contributed by atoms with van der Waals surface area (Å²) in [4.78, 5) is 22.8. The molecular weight excluding hydrogens is 244 g/mol. The van der Waals surface area contributed by atoms with Crippen LogP contribution in [0.4, 0.5) is 4.79 Å². The van der Waals surface area contributed by atoms with Gasteiger partial charge in [-0.05, 0) is 30.6 Å². The summed E-state index contributed by atoms with van der Waals surface area (Å²) in [7, 11) is 0. The van der Waals surface area contributed by atoms with E-state index in [0.29, 0.717) is 24.8 Å². The minimum Gasteiger partial charge on any atom is -0.480 e. The number of amides is 2. The van der Waals surface area contributed by atoms with Crippen LogP contribution in [-0.2, 0) is 4.79 Å². The SMILES string of the molecule is CC(C)C[C@@H](NC(=O)NCC1CCCC1C)C(=O)O. The van der Waals surface area contributed by atoms with Crippen molar-refractivity contribution in [3.8, 4) is 0 Å². The molecule has 1 aliphatic carbocycles. The number of hydrogen-bond acceptors (Lipinski definition) is 2. The summed E-state index contributed by atoms with van der Waals surface area (Å²) in [5.74, 6) is 0.430. The van der Waals surface area contributed by atoms with Crippen molar-refractivity contribution in [2.45, 2.75) is 52.5 Å². The van der Waals surface area contributed by atoms with Crippen LogP contribution in [0.15, 0.2) is 0 Å². The summed E-state index contributed by atoms with van der Waals surface area (Å²) in [6.45, 7) is 6.72. The van der Waals surface area contributed by atoms with Crippen LogP contribution in [0.25, 0.3) is 0 Å². The number of carbonyl (C=O) groups excluding carboxylic acids is 1. The molecule has 1 saturated carbocycles. The van der Waals surface area contributed by atoms with Gasteiger partial charge in [0, 0.05) is 6.54 Å². The third kappa shape index (κ3) is 5.49. The van der Waals surface area contributed by atoms with Gasteiger partial charge in [-0.2, -0.15) is 0 Å². The normalized spacial score (nSPS) is 24.2. The lowest BCUT2D eigenvalue weighted by atomic mass is 9.98. The number of aliphatic carboxylic acids is 1. The number of hydrogen-bond donors (Lipinski definition) is 3. The van der Waals surface area contributed by atoms with Gasteiger partial charge in [0.15, 0.2) is 0 Å². The molecule has 0 aromatic rings. The fourth-order valence-corrected chi connectivity index (χ4v) is 2.65. The van der Waals surface area contributed by atoms with E-state index in [1.54, 1.807) is 0 Å². The topological polar surface area (TPSA) is 78.4 Å². The van der Waals surface area contributed by atoms with Gasteiger partial charge in [0.25, 0.3) is 0 Å². The first-order valence-electron chi connectivity index (χ1n) is 7.17. The van der Waals surface area contributed by atoms with Crippen LogP contribution in [-0.4, -0.2) is 29.7 Å². The number of urea groups is 1. The van der Waals surface area contributed by atoms with Gasteiger partial charge in [-0.1, -0.05) is 33.6 Å². The highest BCUT2D eigenvalue weighted by molar-refractivity contribution is 5.82. The van der Waals surface area contributed by atoms with Gasteiger partial charge in [0.05, 0.1) is 0 Å². The van der Waals surface area contributed by atoms with E-state index in [0.717, 1.165) is 6.42 Å². The quantitative estimate of drug-likeness (QED) is 0.692. The summed E-state index contributed by atoms with van der Waals surface area (Å²) in [6.07, 6.45) is 4.04. The average Bonchev–Trinajstić information content (AvgIpc) is 2.70. The van der Waals surface area contributed by atoms with Crippen LogP contribution in [0, 0.1) is 17.8 Å². The molecule has 19 heavy (non-hydrogen) atoms. The highest BCUT2D eigenvalue weighted by Gasteiger charge is 2.25. The third-order valence-corrected chi connectivity index (χ3v) is 3.87. The highest BCUT2D eigenvalue weighted by atomic mass is 16.4. The highest BCUT2D eigenvalue weighted by Crippen LogP contribution is 2.30. The van der Waals surface area contributed by atoms with Crippen LogP contribution in [0.3, 0.4) is 0 Å². The molecule has 0 aliphatic heterocycles. The Labute approximate surface area is 115 Å².